The molecule has 1 fully saturated rings. The van der Waals surface area contributed by atoms with E-state index in [2.05, 4.69) is 4.99 Å². The van der Waals surface area contributed by atoms with Crippen LogP contribution in [0.15, 0.2) is 40.5 Å². The predicted molar refractivity (Wildman–Crippen MR) is 94.9 cm³/mol. The van der Waals surface area contributed by atoms with E-state index in [1.54, 1.807) is 17.9 Å². The molecule has 24 heavy (non-hydrogen) atoms. The van der Waals surface area contributed by atoms with Gasteiger partial charge in [0.25, 0.3) is 0 Å². The standard InChI is InChI=1S/C17H17ClN2O3S/c1-4-12-15(21)20-14(10-7-5-6-8-11(10)18)13(16(22)23-3)9(2)19-17(20)24-12/h5-8,12,14H,4H2,1-3H3/t12-,14+/m1/s1. The van der Waals surface area contributed by atoms with Gasteiger partial charge in [0, 0.05) is 5.02 Å². The number of carbonyl (C=O) groups excluding carboxylic acids is 2. The number of esters is 1. The Morgan fingerprint density at radius 2 is 2.12 bits per heavy atom. The van der Waals surface area contributed by atoms with Crippen LogP contribution in [0.25, 0.3) is 0 Å². The monoisotopic (exact) mass is 364 g/mol. The molecule has 1 amide bonds. The van der Waals surface area contributed by atoms with E-state index in [1.165, 1.54) is 18.9 Å². The zero-order chi connectivity index (χ0) is 17.4. The lowest BCUT2D eigenvalue weighted by molar-refractivity contribution is -0.137. The summed E-state index contributed by atoms with van der Waals surface area (Å²) in [5.74, 6) is -0.557. The van der Waals surface area contributed by atoms with E-state index in [0.29, 0.717) is 33.4 Å². The van der Waals surface area contributed by atoms with E-state index in [4.69, 9.17) is 16.3 Å². The van der Waals surface area contributed by atoms with Gasteiger partial charge in [-0.05, 0) is 25.0 Å². The highest BCUT2D eigenvalue weighted by Gasteiger charge is 2.47. The number of benzene rings is 1. The van der Waals surface area contributed by atoms with Crippen LogP contribution in [0.3, 0.4) is 0 Å². The van der Waals surface area contributed by atoms with Crippen LogP contribution in [-0.2, 0) is 14.3 Å². The van der Waals surface area contributed by atoms with Crippen molar-refractivity contribution < 1.29 is 14.3 Å². The smallest absolute Gasteiger partial charge is 0.338 e. The van der Waals surface area contributed by atoms with Gasteiger partial charge >= 0.3 is 5.97 Å². The Morgan fingerprint density at radius 3 is 2.75 bits per heavy atom. The van der Waals surface area contributed by atoms with Crippen molar-refractivity contribution >= 4 is 40.4 Å². The van der Waals surface area contributed by atoms with Gasteiger partial charge in [0.05, 0.1) is 29.7 Å². The average Bonchev–Trinajstić information content (AvgIpc) is 2.89. The molecule has 1 aromatic rings. The van der Waals surface area contributed by atoms with E-state index in [9.17, 15) is 9.59 Å². The summed E-state index contributed by atoms with van der Waals surface area (Å²) >= 11 is 7.80. The molecule has 0 spiro atoms. The molecule has 0 saturated carbocycles. The number of hydrogen-bond donors (Lipinski definition) is 0. The van der Waals surface area contributed by atoms with Gasteiger partial charge < -0.3 is 4.74 Å². The first kappa shape index (κ1) is 17.0. The largest absolute Gasteiger partial charge is 0.466 e. The molecule has 3 rings (SSSR count). The second-order valence-electron chi connectivity index (χ2n) is 5.53. The summed E-state index contributed by atoms with van der Waals surface area (Å²) in [7, 11) is 1.32. The van der Waals surface area contributed by atoms with E-state index in [-0.39, 0.29) is 11.2 Å². The first-order valence-corrected chi connectivity index (χ1v) is 8.87. The molecule has 2 heterocycles. The van der Waals surface area contributed by atoms with Gasteiger partial charge in [-0.1, -0.05) is 48.5 Å². The number of amides is 1. The molecule has 0 aromatic heterocycles. The fourth-order valence-electron chi connectivity index (χ4n) is 2.95. The third kappa shape index (κ3) is 2.63. The minimum atomic E-state index is -0.616. The van der Waals surface area contributed by atoms with Gasteiger partial charge in [0.15, 0.2) is 5.17 Å². The normalized spacial score (nSPS) is 23.2. The SMILES string of the molecule is CC[C@H]1SC2=NC(C)=C(C(=O)OC)[C@H](c3ccccc3Cl)N2C1=O. The third-order valence-corrected chi connectivity index (χ3v) is 5.79. The van der Waals surface area contributed by atoms with Gasteiger partial charge in [-0.2, -0.15) is 0 Å². The molecule has 7 heteroatoms. The zero-order valence-electron chi connectivity index (χ0n) is 13.6. The minimum Gasteiger partial charge on any atom is -0.466 e. The Labute approximate surface area is 149 Å². The van der Waals surface area contributed by atoms with Crippen LogP contribution in [0.2, 0.25) is 5.02 Å². The topological polar surface area (TPSA) is 59.0 Å². The van der Waals surface area contributed by atoms with Crippen LogP contribution in [-0.4, -0.2) is 34.3 Å². The van der Waals surface area contributed by atoms with Crippen LogP contribution in [0.5, 0.6) is 0 Å². The van der Waals surface area contributed by atoms with E-state index >= 15 is 0 Å². The Hall–Kier alpha value is -1.79. The van der Waals surface area contributed by atoms with Crippen molar-refractivity contribution in [1.82, 2.24) is 4.90 Å². The fraction of sp³-hybridized carbons (Fsp3) is 0.353. The van der Waals surface area contributed by atoms with Gasteiger partial charge in [-0.3, -0.25) is 9.69 Å². The summed E-state index contributed by atoms with van der Waals surface area (Å²) < 4.78 is 4.93. The first-order chi connectivity index (χ1) is 11.5. The molecule has 126 valence electrons. The number of thioether (sulfide) groups is 1. The summed E-state index contributed by atoms with van der Waals surface area (Å²) in [6.07, 6.45) is 0.695. The molecule has 0 N–H and O–H groups in total. The van der Waals surface area contributed by atoms with Crippen molar-refractivity contribution in [3.63, 3.8) is 0 Å². The van der Waals surface area contributed by atoms with Crippen molar-refractivity contribution in [2.75, 3.05) is 7.11 Å². The van der Waals surface area contributed by atoms with Crippen LogP contribution in [0.1, 0.15) is 31.9 Å². The number of carbonyl (C=O) groups is 2. The molecular formula is C17H17ClN2O3S. The van der Waals surface area contributed by atoms with Gasteiger partial charge in [0.2, 0.25) is 5.91 Å². The van der Waals surface area contributed by atoms with Crippen LogP contribution >= 0.6 is 23.4 Å². The maximum Gasteiger partial charge on any atom is 0.338 e. The predicted octanol–water partition coefficient (Wildman–Crippen LogP) is 3.55. The number of halogens is 1. The fourth-order valence-corrected chi connectivity index (χ4v) is 4.32. The zero-order valence-corrected chi connectivity index (χ0v) is 15.1. The first-order valence-electron chi connectivity index (χ1n) is 7.61. The van der Waals surface area contributed by atoms with Crippen molar-refractivity contribution in [3.05, 3.63) is 46.1 Å². The van der Waals surface area contributed by atoms with E-state index in [1.807, 2.05) is 25.1 Å². The molecule has 2 aliphatic rings. The summed E-state index contributed by atoms with van der Waals surface area (Å²) in [5, 5.41) is 0.913. The molecule has 0 aliphatic carbocycles. The molecule has 0 bridgehead atoms. The molecule has 0 unspecified atom stereocenters. The van der Waals surface area contributed by atoms with E-state index < -0.39 is 12.0 Å². The summed E-state index contributed by atoms with van der Waals surface area (Å²) in [4.78, 5) is 31.3. The van der Waals surface area contributed by atoms with Crippen molar-refractivity contribution in [3.8, 4) is 0 Å². The molecule has 2 aliphatic heterocycles. The molecule has 2 atom stereocenters. The Balaban J connectivity index is 2.20. The highest BCUT2D eigenvalue weighted by atomic mass is 35.5. The number of methoxy groups -OCH3 is 1. The highest BCUT2D eigenvalue weighted by molar-refractivity contribution is 8.15. The second-order valence-corrected chi connectivity index (χ2v) is 7.11. The van der Waals surface area contributed by atoms with Gasteiger partial charge in [-0.25, -0.2) is 9.79 Å². The maximum atomic E-state index is 12.8. The molecule has 0 radical (unpaired) electrons. The lowest BCUT2D eigenvalue weighted by atomic mass is 9.94. The second kappa shape index (κ2) is 6.61. The van der Waals surface area contributed by atoms with Crippen LogP contribution < -0.4 is 0 Å². The van der Waals surface area contributed by atoms with Crippen molar-refractivity contribution in [1.29, 1.82) is 0 Å². The van der Waals surface area contributed by atoms with Gasteiger partial charge in [-0.15, -0.1) is 0 Å². The number of amidine groups is 1. The Bertz CT molecular complexity index is 775. The third-order valence-electron chi connectivity index (χ3n) is 4.13. The van der Waals surface area contributed by atoms with Crippen LogP contribution in [0.4, 0.5) is 0 Å². The molecule has 5 nitrogen and oxygen atoms in total. The number of aliphatic imine (C=N–C) groups is 1. The Morgan fingerprint density at radius 1 is 1.42 bits per heavy atom. The average molecular weight is 365 g/mol. The number of fused-ring (bicyclic) bond motifs is 1. The summed E-state index contributed by atoms with van der Waals surface area (Å²) in [6, 6.07) is 6.60. The lowest BCUT2D eigenvalue weighted by Crippen LogP contribution is -2.40. The number of nitrogens with zero attached hydrogens (tertiary/aromatic N) is 2. The van der Waals surface area contributed by atoms with E-state index in [0.717, 1.165) is 0 Å². The van der Waals surface area contributed by atoms with Crippen molar-refractivity contribution in [2.24, 2.45) is 4.99 Å². The quantitative estimate of drug-likeness (QED) is 0.769. The number of rotatable bonds is 3. The molecular weight excluding hydrogens is 348 g/mol. The summed E-state index contributed by atoms with van der Waals surface area (Å²) in [6.45, 7) is 3.71. The minimum absolute atomic E-state index is 0.0555. The number of allylic oxidation sites excluding steroid dienone is 1. The van der Waals surface area contributed by atoms with Crippen LogP contribution in [0, 0.1) is 0 Å². The lowest BCUT2D eigenvalue weighted by Gasteiger charge is -2.33. The Kier molecular flexibility index (Phi) is 4.69. The molecule has 1 aromatic carbocycles. The maximum absolute atomic E-state index is 12.8. The van der Waals surface area contributed by atoms with Crippen molar-refractivity contribution in [2.45, 2.75) is 31.6 Å². The number of ether oxygens (including phenoxy) is 1. The van der Waals surface area contributed by atoms with Gasteiger partial charge in [0.1, 0.15) is 0 Å². The highest BCUT2D eigenvalue weighted by Crippen LogP contribution is 2.45. The molecule has 1 saturated heterocycles. The summed E-state index contributed by atoms with van der Waals surface area (Å²) in [5.41, 5.74) is 1.59. The number of hydrogen-bond acceptors (Lipinski definition) is 5.